The zero-order valence-electron chi connectivity index (χ0n) is 7.05. The summed E-state index contributed by atoms with van der Waals surface area (Å²) in [6.45, 7) is 0. The summed E-state index contributed by atoms with van der Waals surface area (Å²) in [6, 6.07) is 0. The van der Waals surface area contributed by atoms with E-state index in [1.54, 1.807) is 0 Å². The summed E-state index contributed by atoms with van der Waals surface area (Å²) in [4.78, 5) is 1.71. The second-order valence-corrected chi connectivity index (χ2v) is 7.00. The summed E-state index contributed by atoms with van der Waals surface area (Å²) in [5, 5.41) is 0. The van der Waals surface area contributed by atoms with Crippen molar-refractivity contribution in [2.45, 2.75) is 35.3 Å². The summed E-state index contributed by atoms with van der Waals surface area (Å²) in [5.74, 6) is 4.08. The van der Waals surface area contributed by atoms with Crippen molar-refractivity contribution >= 4 is 31.9 Å². The Morgan fingerprint density at radius 3 is 2.50 bits per heavy atom. The van der Waals surface area contributed by atoms with E-state index in [-0.39, 0.29) is 0 Å². The van der Waals surface area contributed by atoms with Crippen LogP contribution in [0.1, 0.15) is 25.7 Å². The highest BCUT2D eigenvalue weighted by Crippen LogP contribution is 2.60. The number of fused-ring (bicyclic) bond motifs is 1. The van der Waals surface area contributed by atoms with Gasteiger partial charge in [-0.05, 0) is 49.4 Å². The number of hydrogen-bond acceptors (Lipinski definition) is 0. The summed E-state index contributed by atoms with van der Waals surface area (Å²) >= 11 is 7.78. The van der Waals surface area contributed by atoms with Crippen LogP contribution < -0.4 is 0 Å². The average molecular weight is 294 g/mol. The fourth-order valence-electron chi connectivity index (χ4n) is 3.89. The second kappa shape index (κ2) is 2.73. The summed E-state index contributed by atoms with van der Waals surface area (Å²) in [7, 11) is 0. The minimum absolute atomic E-state index is 0.850. The minimum Gasteiger partial charge on any atom is -0.0887 e. The number of alkyl halides is 2. The van der Waals surface area contributed by atoms with Crippen LogP contribution in [0.25, 0.3) is 0 Å². The van der Waals surface area contributed by atoms with Gasteiger partial charge in [-0.15, -0.1) is 0 Å². The summed E-state index contributed by atoms with van der Waals surface area (Å²) in [6.07, 6.45) is 5.94. The zero-order valence-corrected chi connectivity index (χ0v) is 10.2. The minimum atomic E-state index is 0.850. The Balaban J connectivity index is 1.97. The van der Waals surface area contributed by atoms with Gasteiger partial charge in [0.2, 0.25) is 0 Å². The molecule has 0 heterocycles. The molecule has 6 atom stereocenters. The van der Waals surface area contributed by atoms with Crippen molar-refractivity contribution < 1.29 is 0 Å². The van der Waals surface area contributed by atoms with Gasteiger partial charge in [0.1, 0.15) is 0 Å². The maximum absolute atomic E-state index is 3.91. The number of halogens is 2. The van der Waals surface area contributed by atoms with Crippen molar-refractivity contribution in [2.75, 3.05) is 0 Å². The first-order valence-corrected chi connectivity index (χ1v) is 6.88. The van der Waals surface area contributed by atoms with Crippen LogP contribution in [0.3, 0.4) is 0 Å². The van der Waals surface area contributed by atoms with Crippen molar-refractivity contribution in [2.24, 2.45) is 23.7 Å². The van der Waals surface area contributed by atoms with Gasteiger partial charge in [-0.1, -0.05) is 31.9 Å². The molecular weight excluding hydrogens is 280 g/mol. The Morgan fingerprint density at radius 1 is 0.917 bits per heavy atom. The zero-order chi connectivity index (χ0) is 8.29. The van der Waals surface area contributed by atoms with Gasteiger partial charge in [0.25, 0.3) is 0 Å². The van der Waals surface area contributed by atoms with Crippen molar-refractivity contribution in [1.82, 2.24) is 0 Å². The van der Waals surface area contributed by atoms with Crippen LogP contribution in [0.2, 0.25) is 0 Å². The molecule has 0 aromatic carbocycles. The third-order valence-electron chi connectivity index (χ3n) is 4.32. The standard InChI is InChI=1S/C10H14Br2/c11-8-4-6-3-5-1-2-7(9(5)8)10(6)12/h5-10H,1-4H2. The highest BCUT2D eigenvalue weighted by Gasteiger charge is 2.54. The molecule has 4 aliphatic rings. The van der Waals surface area contributed by atoms with E-state index in [0.29, 0.717) is 0 Å². The van der Waals surface area contributed by atoms with E-state index in [1.165, 1.54) is 25.7 Å². The molecule has 4 aliphatic carbocycles. The van der Waals surface area contributed by atoms with Gasteiger partial charge in [-0.2, -0.15) is 0 Å². The quantitative estimate of drug-likeness (QED) is 0.599. The molecule has 0 aliphatic heterocycles. The Bertz CT molecular complexity index is 204. The molecular formula is C10H14Br2. The largest absolute Gasteiger partial charge is 0.0887 e. The van der Waals surface area contributed by atoms with Gasteiger partial charge < -0.3 is 0 Å². The molecule has 0 spiro atoms. The summed E-state index contributed by atoms with van der Waals surface area (Å²) in [5.41, 5.74) is 0. The molecule has 0 radical (unpaired) electrons. The highest BCUT2D eigenvalue weighted by molar-refractivity contribution is 9.10. The molecule has 68 valence electrons. The predicted molar refractivity (Wildman–Crippen MR) is 57.9 cm³/mol. The average Bonchev–Trinajstić information content (AvgIpc) is 2.40. The lowest BCUT2D eigenvalue weighted by atomic mass is 9.64. The van der Waals surface area contributed by atoms with Crippen molar-refractivity contribution in [3.63, 3.8) is 0 Å². The molecule has 4 bridgehead atoms. The smallest absolute Gasteiger partial charge is 0.0205 e. The van der Waals surface area contributed by atoms with Crippen LogP contribution >= 0.6 is 31.9 Å². The molecule has 4 saturated carbocycles. The van der Waals surface area contributed by atoms with Crippen LogP contribution in [0, 0.1) is 23.7 Å². The van der Waals surface area contributed by atoms with E-state index < -0.39 is 0 Å². The topological polar surface area (TPSA) is 0 Å². The molecule has 0 amide bonds. The Hall–Kier alpha value is 0.960. The predicted octanol–water partition coefficient (Wildman–Crippen LogP) is 3.58. The second-order valence-electron chi connectivity index (χ2n) is 4.77. The van der Waals surface area contributed by atoms with E-state index in [1.807, 2.05) is 0 Å². The molecule has 4 fully saturated rings. The number of rotatable bonds is 0. The Morgan fingerprint density at radius 2 is 1.75 bits per heavy atom. The molecule has 0 saturated heterocycles. The van der Waals surface area contributed by atoms with Gasteiger partial charge in [-0.3, -0.25) is 0 Å². The van der Waals surface area contributed by atoms with Gasteiger partial charge in [0.05, 0.1) is 0 Å². The third-order valence-corrected chi connectivity index (χ3v) is 6.73. The molecule has 0 aromatic rings. The van der Waals surface area contributed by atoms with E-state index in [9.17, 15) is 0 Å². The molecule has 0 aromatic heterocycles. The molecule has 2 heteroatoms. The van der Waals surface area contributed by atoms with Gasteiger partial charge in [0, 0.05) is 9.65 Å². The van der Waals surface area contributed by atoms with Crippen LogP contribution in [0.15, 0.2) is 0 Å². The third kappa shape index (κ3) is 0.943. The molecule has 6 unspecified atom stereocenters. The lowest BCUT2D eigenvalue weighted by Gasteiger charge is -2.48. The van der Waals surface area contributed by atoms with Gasteiger partial charge in [-0.25, -0.2) is 0 Å². The maximum atomic E-state index is 3.91. The molecule has 0 N–H and O–H groups in total. The normalized spacial score (nSPS) is 62.5. The first-order chi connectivity index (χ1) is 5.77. The van der Waals surface area contributed by atoms with Crippen LogP contribution in [-0.4, -0.2) is 9.65 Å². The first-order valence-electron chi connectivity index (χ1n) is 5.05. The van der Waals surface area contributed by atoms with Crippen molar-refractivity contribution in [1.29, 1.82) is 0 Å². The molecule has 4 rings (SSSR count). The van der Waals surface area contributed by atoms with Crippen LogP contribution in [-0.2, 0) is 0 Å². The van der Waals surface area contributed by atoms with Gasteiger partial charge >= 0.3 is 0 Å². The summed E-state index contributed by atoms with van der Waals surface area (Å²) < 4.78 is 0. The maximum Gasteiger partial charge on any atom is 0.0205 e. The van der Waals surface area contributed by atoms with E-state index in [2.05, 4.69) is 31.9 Å². The molecule has 0 nitrogen and oxygen atoms in total. The molecule has 12 heavy (non-hydrogen) atoms. The first kappa shape index (κ1) is 8.28. The monoisotopic (exact) mass is 292 g/mol. The Kier molecular flexibility index (Phi) is 1.88. The Labute approximate surface area is 90.7 Å². The fourth-order valence-corrected chi connectivity index (χ4v) is 6.24. The van der Waals surface area contributed by atoms with E-state index >= 15 is 0 Å². The fraction of sp³-hybridized carbons (Fsp3) is 1.00. The van der Waals surface area contributed by atoms with Crippen LogP contribution in [0.5, 0.6) is 0 Å². The van der Waals surface area contributed by atoms with Gasteiger partial charge in [0.15, 0.2) is 0 Å². The highest BCUT2D eigenvalue weighted by atomic mass is 79.9. The lowest BCUT2D eigenvalue weighted by molar-refractivity contribution is 0.109. The van der Waals surface area contributed by atoms with E-state index in [0.717, 1.165) is 33.3 Å². The van der Waals surface area contributed by atoms with Crippen molar-refractivity contribution in [3.05, 3.63) is 0 Å². The SMILES string of the molecule is BrC1CC2CC3CCC(C2Br)C13. The lowest BCUT2D eigenvalue weighted by Crippen LogP contribution is -2.46. The van der Waals surface area contributed by atoms with E-state index in [4.69, 9.17) is 0 Å². The number of hydrogen-bond donors (Lipinski definition) is 0. The van der Waals surface area contributed by atoms with Crippen LogP contribution in [0.4, 0.5) is 0 Å². The van der Waals surface area contributed by atoms with Crippen molar-refractivity contribution in [3.8, 4) is 0 Å².